The predicted molar refractivity (Wildman–Crippen MR) is 94.1 cm³/mol. The van der Waals surface area contributed by atoms with Crippen molar-refractivity contribution in [2.45, 2.75) is 6.18 Å². The molecule has 1 aliphatic heterocycles. The van der Waals surface area contributed by atoms with E-state index in [0.29, 0.717) is 11.3 Å². The van der Waals surface area contributed by atoms with Crippen LogP contribution in [0.4, 0.5) is 18.9 Å². The van der Waals surface area contributed by atoms with Crippen LogP contribution >= 0.6 is 0 Å². The monoisotopic (exact) mass is 395 g/mol. The van der Waals surface area contributed by atoms with Gasteiger partial charge >= 0.3 is 16.3 Å². The molecule has 0 saturated carbocycles. The van der Waals surface area contributed by atoms with Gasteiger partial charge in [0.1, 0.15) is 5.75 Å². The first-order valence-corrected chi connectivity index (χ1v) is 9.02. The Balaban J connectivity index is 1.71. The summed E-state index contributed by atoms with van der Waals surface area (Å²) in [5, 5.41) is 3.44. The summed E-state index contributed by atoms with van der Waals surface area (Å²) in [5.41, 5.74) is 0.262. The van der Waals surface area contributed by atoms with Gasteiger partial charge in [0, 0.05) is 17.3 Å². The Hall–Kier alpha value is -3.07. The van der Waals surface area contributed by atoms with Crippen LogP contribution < -0.4 is 9.50 Å². The molecule has 27 heavy (non-hydrogen) atoms. The van der Waals surface area contributed by atoms with Gasteiger partial charge in [-0.1, -0.05) is 12.1 Å². The van der Waals surface area contributed by atoms with E-state index < -0.39 is 27.8 Å². The SMILES string of the molecule is O=C(/C=C/c1cccc(C(F)(F)F)c1)Nc1ccc2c(c1)C=CS(=O)(=O)O2. The first kappa shape index (κ1) is 18.7. The number of hydrogen-bond donors (Lipinski definition) is 1. The fraction of sp³-hybridized carbons (Fsp3) is 0.0556. The van der Waals surface area contributed by atoms with Gasteiger partial charge in [-0.15, -0.1) is 0 Å². The number of hydrogen-bond acceptors (Lipinski definition) is 4. The second-order valence-corrected chi connectivity index (χ2v) is 7.00. The molecule has 0 spiro atoms. The zero-order valence-electron chi connectivity index (χ0n) is 13.5. The number of amides is 1. The molecular weight excluding hydrogens is 383 g/mol. The van der Waals surface area contributed by atoms with E-state index in [0.717, 1.165) is 23.6 Å². The minimum atomic E-state index is -4.46. The standard InChI is InChI=1S/C18H12F3NO4S/c19-18(20,21)14-3-1-2-12(10-14)4-7-17(23)22-15-5-6-16-13(11-15)8-9-27(24,25)26-16/h1-11H,(H,22,23)/b7-4+. The summed E-state index contributed by atoms with van der Waals surface area (Å²) in [5.74, 6) is -0.421. The summed E-state index contributed by atoms with van der Waals surface area (Å²) in [6.07, 6.45) is -0.759. The van der Waals surface area contributed by atoms with E-state index in [2.05, 4.69) is 5.32 Å². The van der Waals surface area contributed by atoms with Crippen molar-refractivity contribution in [1.29, 1.82) is 0 Å². The Bertz CT molecular complexity index is 1060. The third kappa shape index (κ3) is 4.76. The van der Waals surface area contributed by atoms with Gasteiger partial charge in [0.25, 0.3) is 0 Å². The van der Waals surface area contributed by atoms with Crippen LogP contribution in [0.15, 0.2) is 53.9 Å². The van der Waals surface area contributed by atoms with Crippen LogP contribution in [0.3, 0.4) is 0 Å². The number of carbonyl (C=O) groups excluding carboxylic acids is 1. The molecule has 2 aromatic carbocycles. The molecule has 1 amide bonds. The van der Waals surface area contributed by atoms with Gasteiger partial charge in [0.2, 0.25) is 5.91 Å². The highest BCUT2D eigenvalue weighted by Gasteiger charge is 2.30. The number of anilines is 1. The first-order valence-electron chi connectivity index (χ1n) is 7.55. The van der Waals surface area contributed by atoms with Crippen LogP contribution in [0.2, 0.25) is 0 Å². The normalized spacial score (nSPS) is 15.2. The summed E-state index contributed by atoms with van der Waals surface area (Å²) in [6, 6.07) is 8.93. The Morgan fingerprint density at radius 2 is 1.89 bits per heavy atom. The molecule has 0 atom stereocenters. The molecule has 0 aromatic heterocycles. The van der Waals surface area contributed by atoms with Gasteiger partial charge in [-0.2, -0.15) is 21.6 Å². The maximum atomic E-state index is 12.7. The van der Waals surface area contributed by atoms with Crippen LogP contribution in [0.5, 0.6) is 5.75 Å². The lowest BCUT2D eigenvalue weighted by Gasteiger charge is -2.13. The van der Waals surface area contributed by atoms with Crippen LogP contribution in [0, 0.1) is 0 Å². The number of rotatable bonds is 3. The summed E-state index contributed by atoms with van der Waals surface area (Å²) in [6.45, 7) is 0. The smallest absolute Gasteiger partial charge is 0.379 e. The van der Waals surface area contributed by atoms with E-state index in [9.17, 15) is 26.4 Å². The quantitative estimate of drug-likeness (QED) is 0.629. The molecule has 1 N–H and O–H groups in total. The lowest BCUT2D eigenvalue weighted by Crippen LogP contribution is -2.11. The molecule has 0 radical (unpaired) electrons. The molecule has 1 aliphatic rings. The van der Waals surface area contributed by atoms with Crippen molar-refractivity contribution < 1.29 is 30.6 Å². The van der Waals surface area contributed by atoms with Crippen molar-refractivity contribution in [3.63, 3.8) is 0 Å². The Morgan fingerprint density at radius 3 is 2.63 bits per heavy atom. The lowest BCUT2D eigenvalue weighted by molar-refractivity contribution is -0.137. The summed E-state index contributed by atoms with van der Waals surface area (Å²) < 4.78 is 65.5. The molecule has 0 unspecified atom stereocenters. The molecular formula is C18H12F3NO4S. The second kappa shape index (κ2) is 6.92. The molecule has 0 aliphatic carbocycles. The Labute approximate surface area is 152 Å². The Kier molecular flexibility index (Phi) is 4.79. The summed E-state index contributed by atoms with van der Waals surface area (Å²) in [7, 11) is -3.74. The maximum Gasteiger partial charge on any atom is 0.416 e. The molecule has 0 fully saturated rings. The Morgan fingerprint density at radius 1 is 1.11 bits per heavy atom. The number of benzene rings is 2. The molecule has 5 nitrogen and oxygen atoms in total. The number of fused-ring (bicyclic) bond motifs is 1. The highest BCUT2D eigenvalue weighted by Crippen LogP contribution is 2.30. The third-order valence-corrected chi connectivity index (χ3v) is 4.42. The average Bonchev–Trinajstić information content (AvgIpc) is 2.59. The van der Waals surface area contributed by atoms with E-state index in [1.807, 2.05) is 0 Å². The lowest BCUT2D eigenvalue weighted by atomic mass is 10.1. The highest BCUT2D eigenvalue weighted by atomic mass is 32.2. The fourth-order valence-electron chi connectivity index (χ4n) is 2.32. The van der Waals surface area contributed by atoms with E-state index in [4.69, 9.17) is 4.18 Å². The largest absolute Gasteiger partial charge is 0.416 e. The zero-order chi connectivity index (χ0) is 19.7. The molecule has 2 aromatic rings. The second-order valence-electron chi connectivity index (χ2n) is 5.58. The number of alkyl halides is 3. The summed E-state index contributed by atoms with van der Waals surface area (Å²) >= 11 is 0. The molecule has 140 valence electrons. The van der Waals surface area contributed by atoms with Gasteiger partial charge in [0.15, 0.2) is 0 Å². The fourth-order valence-corrected chi connectivity index (χ4v) is 3.09. The van der Waals surface area contributed by atoms with Crippen LogP contribution in [-0.2, 0) is 21.1 Å². The molecule has 1 heterocycles. The zero-order valence-corrected chi connectivity index (χ0v) is 14.3. The molecule has 0 bridgehead atoms. The number of halogens is 3. The van der Waals surface area contributed by atoms with Gasteiger partial charge in [-0.3, -0.25) is 4.79 Å². The number of carbonyl (C=O) groups is 1. The van der Waals surface area contributed by atoms with E-state index in [1.54, 1.807) is 0 Å². The van der Waals surface area contributed by atoms with Crippen molar-refractivity contribution in [2.24, 2.45) is 0 Å². The third-order valence-electron chi connectivity index (χ3n) is 3.54. The molecule has 0 saturated heterocycles. The van der Waals surface area contributed by atoms with Crippen LogP contribution in [0.25, 0.3) is 12.2 Å². The first-order chi connectivity index (χ1) is 12.6. The van der Waals surface area contributed by atoms with Crippen molar-refractivity contribution >= 4 is 33.9 Å². The molecule has 3 rings (SSSR count). The van der Waals surface area contributed by atoms with E-state index >= 15 is 0 Å². The maximum absolute atomic E-state index is 12.7. The molecule has 9 heteroatoms. The number of nitrogens with one attached hydrogen (secondary N) is 1. The van der Waals surface area contributed by atoms with Crippen LogP contribution in [-0.4, -0.2) is 14.3 Å². The van der Waals surface area contributed by atoms with Gasteiger partial charge in [-0.25, -0.2) is 0 Å². The van der Waals surface area contributed by atoms with Crippen molar-refractivity contribution in [3.05, 3.63) is 70.6 Å². The van der Waals surface area contributed by atoms with E-state index in [1.165, 1.54) is 42.5 Å². The van der Waals surface area contributed by atoms with Gasteiger partial charge in [0.05, 0.1) is 11.0 Å². The van der Waals surface area contributed by atoms with E-state index in [-0.39, 0.29) is 11.3 Å². The van der Waals surface area contributed by atoms with Gasteiger partial charge < -0.3 is 9.50 Å². The minimum absolute atomic E-state index is 0.134. The topological polar surface area (TPSA) is 72.5 Å². The van der Waals surface area contributed by atoms with Crippen molar-refractivity contribution in [1.82, 2.24) is 0 Å². The van der Waals surface area contributed by atoms with Crippen molar-refractivity contribution in [3.8, 4) is 5.75 Å². The minimum Gasteiger partial charge on any atom is -0.379 e. The van der Waals surface area contributed by atoms with Gasteiger partial charge in [-0.05, 0) is 48.0 Å². The van der Waals surface area contributed by atoms with Crippen molar-refractivity contribution in [2.75, 3.05) is 5.32 Å². The summed E-state index contributed by atoms with van der Waals surface area (Å²) in [4.78, 5) is 12.0. The average molecular weight is 395 g/mol. The highest BCUT2D eigenvalue weighted by molar-refractivity contribution is 7.90. The van der Waals surface area contributed by atoms with Crippen LogP contribution in [0.1, 0.15) is 16.7 Å². The predicted octanol–water partition coefficient (Wildman–Crippen LogP) is 4.05.